The Morgan fingerprint density at radius 3 is 2.50 bits per heavy atom. The van der Waals surface area contributed by atoms with Crippen LogP contribution in [0.25, 0.3) is 0 Å². The summed E-state index contributed by atoms with van der Waals surface area (Å²) in [6.45, 7) is 12.7. The Balaban J connectivity index is 2.83. The lowest BCUT2D eigenvalue weighted by atomic mass is 9.96. The van der Waals surface area contributed by atoms with Gasteiger partial charge in [0.25, 0.3) is 0 Å². The number of ether oxygens (including phenoxy) is 1. The number of allylic oxidation sites excluding steroid dienone is 2. The van der Waals surface area contributed by atoms with E-state index in [-0.39, 0.29) is 0 Å². The largest absolute Gasteiger partial charge is 0.497 e. The van der Waals surface area contributed by atoms with Gasteiger partial charge in [-0.3, -0.25) is 4.90 Å². The highest BCUT2D eigenvalue weighted by Gasteiger charge is 2.22. The molecule has 0 aromatic rings. The summed E-state index contributed by atoms with van der Waals surface area (Å²) in [6, 6.07) is 0.797. The average Bonchev–Trinajstić information content (AvgIpc) is 2.47. The van der Waals surface area contributed by atoms with E-state index in [1.54, 1.807) is 7.11 Å². The molecule has 1 aliphatic rings. The number of hydrogen-bond acceptors (Lipinski definition) is 3. The first-order chi connectivity index (χ1) is 9.49. The fourth-order valence-corrected chi connectivity index (χ4v) is 2.60. The molecule has 1 atom stereocenters. The summed E-state index contributed by atoms with van der Waals surface area (Å²) in [6.07, 6.45) is 7.37. The normalized spacial score (nSPS) is 20.9. The molecule has 0 bridgehead atoms. The van der Waals surface area contributed by atoms with Crippen molar-refractivity contribution in [3.8, 4) is 0 Å². The van der Waals surface area contributed by atoms with Gasteiger partial charge in [-0.1, -0.05) is 25.2 Å². The monoisotopic (exact) mass is 278 g/mol. The molecule has 3 nitrogen and oxygen atoms in total. The third-order valence-corrected chi connectivity index (χ3v) is 4.31. The molecule has 1 aliphatic heterocycles. The van der Waals surface area contributed by atoms with Crippen LogP contribution >= 0.6 is 0 Å². The predicted molar refractivity (Wildman–Crippen MR) is 86.5 cm³/mol. The van der Waals surface area contributed by atoms with Crippen molar-refractivity contribution in [2.45, 2.75) is 52.1 Å². The van der Waals surface area contributed by atoms with Crippen LogP contribution in [0.4, 0.5) is 0 Å². The fourth-order valence-electron chi connectivity index (χ4n) is 2.60. The smallest absolute Gasteiger partial charge is 0.111 e. The molecular weight excluding hydrogens is 248 g/mol. The molecule has 0 radical (unpaired) electrons. The van der Waals surface area contributed by atoms with E-state index in [1.807, 2.05) is 6.08 Å². The van der Waals surface area contributed by atoms with Crippen molar-refractivity contribution < 1.29 is 4.74 Å². The molecule has 0 aromatic heterocycles. The third-order valence-electron chi connectivity index (χ3n) is 4.31. The van der Waals surface area contributed by atoms with Crippen molar-refractivity contribution in [3.05, 3.63) is 35.6 Å². The van der Waals surface area contributed by atoms with Crippen molar-refractivity contribution in [3.63, 3.8) is 0 Å². The number of nitrogens with two attached hydrogens (primary N) is 1. The van der Waals surface area contributed by atoms with Crippen molar-refractivity contribution in [1.82, 2.24) is 4.90 Å². The highest BCUT2D eigenvalue weighted by molar-refractivity contribution is 5.32. The molecule has 1 fully saturated rings. The molecule has 0 aliphatic carbocycles. The fraction of sp³-hybridized carbons (Fsp3) is 0.647. The zero-order chi connectivity index (χ0) is 15.1. The Kier molecular flexibility index (Phi) is 7.03. The van der Waals surface area contributed by atoms with E-state index in [1.165, 1.54) is 11.1 Å². The number of piperidine rings is 1. The molecule has 114 valence electrons. The first-order valence-electron chi connectivity index (χ1n) is 7.59. The van der Waals surface area contributed by atoms with Crippen LogP contribution in [0.5, 0.6) is 0 Å². The summed E-state index contributed by atoms with van der Waals surface area (Å²) in [7, 11) is 1.65. The van der Waals surface area contributed by atoms with E-state index < -0.39 is 0 Å². The highest BCUT2D eigenvalue weighted by Crippen LogP contribution is 2.22. The maximum Gasteiger partial charge on any atom is 0.111 e. The molecule has 1 rings (SSSR count). The third kappa shape index (κ3) is 4.80. The minimum absolute atomic E-state index is 0.377. The van der Waals surface area contributed by atoms with Gasteiger partial charge in [-0.25, -0.2) is 0 Å². The summed E-state index contributed by atoms with van der Waals surface area (Å²) in [5, 5.41) is 0. The molecule has 0 spiro atoms. The Hall–Kier alpha value is -1.06. The minimum atomic E-state index is 0.377. The molecule has 20 heavy (non-hydrogen) atoms. The van der Waals surface area contributed by atoms with Crippen LogP contribution in [0.15, 0.2) is 35.6 Å². The summed E-state index contributed by atoms with van der Waals surface area (Å²) in [5.74, 6) is 0.694. The van der Waals surface area contributed by atoms with E-state index >= 15 is 0 Å². The Morgan fingerprint density at radius 2 is 2.00 bits per heavy atom. The van der Waals surface area contributed by atoms with Gasteiger partial charge >= 0.3 is 0 Å². The molecule has 2 N–H and O–H groups in total. The van der Waals surface area contributed by atoms with Gasteiger partial charge < -0.3 is 10.5 Å². The highest BCUT2D eigenvalue weighted by atomic mass is 16.5. The minimum Gasteiger partial charge on any atom is -0.497 e. The predicted octanol–water partition coefficient (Wildman–Crippen LogP) is 3.24. The van der Waals surface area contributed by atoms with Gasteiger partial charge in [0, 0.05) is 25.2 Å². The zero-order valence-electron chi connectivity index (χ0n) is 13.5. The molecule has 1 saturated heterocycles. The van der Waals surface area contributed by atoms with Crippen molar-refractivity contribution in [1.29, 1.82) is 0 Å². The van der Waals surface area contributed by atoms with E-state index in [4.69, 9.17) is 10.5 Å². The SMILES string of the molecule is C=C(/C=C\C(=C(\C)CC)C(C)N1CCC(N)CC1)OC. The van der Waals surface area contributed by atoms with Gasteiger partial charge in [-0.2, -0.15) is 0 Å². The number of rotatable bonds is 6. The number of nitrogens with zero attached hydrogens (tertiary/aromatic N) is 1. The summed E-state index contributed by atoms with van der Waals surface area (Å²) in [4.78, 5) is 2.53. The number of methoxy groups -OCH3 is 1. The molecular formula is C17H30N2O. The van der Waals surface area contributed by atoms with Gasteiger partial charge in [0.15, 0.2) is 0 Å². The zero-order valence-corrected chi connectivity index (χ0v) is 13.5. The Labute approximate surface area is 124 Å². The number of hydrogen-bond donors (Lipinski definition) is 1. The average molecular weight is 278 g/mol. The van der Waals surface area contributed by atoms with Crippen LogP contribution in [0, 0.1) is 0 Å². The maximum absolute atomic E-state index is 5.99. The van der Waals surface area contributed by atoms with Crippen LogP contribution in [-0.4, -0.2) is 37.2 Å². The maximum atomic E-state index is 5.99. The first-order valence-corrected chi connectivity index (χ1v) is 7.59. The summed E-state index contributed by atoms with van der Waals surface area (Å²) < 4.78 is 5.12. The first kappa shape index (κ1) is 17.0. The lowest BCUT2D eigenvalue weighted by molar-refractivity contribution is 0.182. The lowest BCUT2D eigenvalue weighted by Crippen LogP contribution is -2.44. The molecule has 3 heteroatoms. The standard InChI is InChI=1S/C17H30N2O/c1-6-13(2)17(8-7-14(3)20-5)15(4)19-11-9-16(18)10-12-19/h7-8,15-16H,3,6,9-12,18H2,1-2,4-5H3/b8-7-,17-13+. The van der Waals surface area contributed by atoms with Crippen LogP contribution < -0.4 is 5.73 Å². The summed E-state index contributed by atoms with van der Waals surface area (Å²) >= 11 is 0. The van der Waals surface area contributed by atoms with Crippen molar-refractivity contribution >= 4 is 0 Å². The van der Waals surface area contributed by atoms with Crippen molar-refractivity contribution in [2.24, 2.45) is 5.73 Å². The van der Waals surface area contributed by atoms with Crippen LogP contribution in [-0.2, 0) is 4.74 Å². The van der Waals surface area contributed by atoms with Crippen LogP contribution in [0.1, 0.15) is 40.0 Å². The van der Waals surface area contributed by atoms with Gasteiger partial charge in [-0.15, -0.1) is 0 Å². The van der Waals surface area contributed by atoms with E-state index in [9.17, 15) is 0 Å². The van der Waals surface area contributed by atoms with Gasteiger partial charge in [-0.05, 0) is 44.8 Å². The van der Waals surface area contributed by atoms with Crippen molar-refractivity contribution in [2.75, 3.05) is 20.2 Å². The number of likely N-dealkylation sites (tertiary alicyclic amines) is 1. The Morgan fingerprint density at radius 1 is 1.40 bits per heavy atom. The second kappa shape index (κ2) is 8.28. The molecule has 0 amide bonds. The van der Waals surface area contributed by atoms with E-state index in [0.29, 0.717) is 17.8 Å². The topological polar surface area (TPSA) is 38.5 Å². The Bertz CT molecular complexity index is 376. The van der Waals surface area contributed by atoms with E-state index in [2.05, 4.69) is 38.3 Å². The lowest BCUT2D eigenvalue weighted by Gasteiger charge is -2.36. The second-order valence-electron chi connectivity index (χ2n) is 5.64. The van der Waals surface area contributed by atoms with Gasteiger partial charge in [0.2, 0.25) is 0 Å². The van der Waals surface area contributed by atoms with E-state index in [0.717, 1.165) is 32.4 Å². The summed E-state index contributed by atoms with van der Waals surface area (Å²) in [5.41, 5.74) is 8.79. The van der Waals surface area contributed by atoms with Gasteiger partial charge in [0.1, 0.15) is 5.76 Å². The second-order valence-corrected chi connectivity index (χ2v) is 5.64. The van der Waals surface area contributed by atoms with Gasteiger partial charge in [0.05, 0.1) is 7.11 Å². The van der Waals surface area contributed by atoms with Crippen LogP contribution in [0.2, 0.25) is 0 Å². The quantitative estimate of drug-likeness (QED) is 0.599. The molecule has 0 saturated carbocycles. The molecule has 0 aromatic carbocycles. The molecule has 1 unspecified atom stereocenters. The van der Waals surface area contributed by atoms with Crippen LogP contribution in [0.3, 0.4) is 0 Å². The molecule has 1 heterocycles.